The number of hydrogen-bond acceptors (Lipinski definition) is 2. The minimum absolute atomic E-state index is 0.0675. The normalized spacial score (nSPS) is 10.1. The highest BCUT2D eigenvalue weighted by atomic mass is 16.1. The molecule has 92 valence electrons. The van der Waals surface area contributed by atoms with Gasteiger partial charge >= 0.3 is 0 Å². The van der Waals surface area contributed by atoms with Gasteiger partial charge in [0.25, 0.3) is 5.91 Å². The maximum atomic E-state index is 11.8. The third-order valence-corrected chi connectivity index (χ3v) is 2.74. The quantitative estimate of drug-likeness (QED) is 0.896. The Bertz CT molecular complexity index is 550. The number of nitrogens with one attached hydrogen (secondary N) is 1. The molecule has 3 nitrogen and oxygen atoms in total. The number of carbonyl (C=O) groups is 1. The second kappa shape index (κ2) is 5.45. The van der Waals surface area contributed by atoms with Crippen LogP contribution in [0.1, 0.15) is 23.0 Å². The molecule has 0 saturated heterocycles. The molecule has 3 heteroatoms. The summed E-state index contributed by atoms with van der Waals surface area (Å²) in [5, 5.41) is 2.78. The monoisotopic (exact) mass is 240 g/mol. The number of nitrogens with zero attached hydrogens (tertiary/aromatic N) is 1. The Hall–Kier alpha value is -2.16. The predicted molar refractivity (Wildman–Crippen MR) is 72.4 cm³/mol. The van der Waals surface area contributed by atoms with Gasteiger partial charge in [-0.3, -0.25) is 9.78 Å². The summed E-state index contributed by atoms with van der Waals surface area (Å²) in [6.45, 7) is 4.38. The molecule has 0 aliphatic rings. The average molecular weight is 240 g/mol. The molecular formula is C15H16N2O. The number of rotatable bonds is 3. The Morgan fingerprint density at radius 2 is 1.89 bits per heavy atom. The van der Waals surface area contributed by atoms with E-state index in [1.807, 2.05) is 56.3 Å². The van der Waals surface area contributed by atoms with E-state index in [4.69, 9.17) is 0 Å². The van der Waals surface area contributed by atoms with Crippen molar-refractivity contribution in [3.8, 4) is 11.3 Å². The molecule has 0 atom stereocenters. The minimum Gasteiger partial charge on any atom is -0.352 e. The molecule has 0 aliphatic carbocycles. The molecule has 1 aromatic carbocycles. The lowest BCUT2D eigenvalue weighted by molar-refractivity contribution is 0.0955. The van der Waals surface area contributed by atoms with Crippen molar-refractivity contribution in [1.29, 1.82) is 0 Å². The third-order valence-electron chi connectivity index (χ3n) is 2.74. The summed E-state index contributed by atoms with van der Waals surface area (Å²) in [6, 6.07) is 13.7. The van der Waals surface area contributed by atoms with E-state index in [2.05, 4.69) is 10.3 Å². The Morgan fingerprint density at radius 1 is 1.17 bits per heavy atom. The van der Waals surface area contributed by atoms with Crippen LogP contribution in [0.5, 0.6) is 0 Å². The maximum Gasteiger partial charge on any atom is 0.253 e. The molecular weight excluding hydrogens is 224 g/mol. The van der Waals surface area contributed by atoms with E-state index in [0.717, 1.165) is 17.0 Å². The van der Waals surface area contributed by atoms with Crippen LogP contribution in [0.2, 0.25) is 0 Å². The lowest BCUT2D eigenvalue weighted by Crippen LogP contribution is -2.23. The lowest BCUT2D eigenvalue weighted by atomic mass is 10.1. The molecule has 0 radical (unpaired) electrons. The van der Waals surface area contributed by atoms with Gasteiger partial charge in [0.1, 0.15) is 0 Å². The van der Waals surface area contributed by atoms with E-state index in [-0.39, 0.29) is 5.91 Å². The maximum absolute atomic E-state index is 11.8. The highest BCUT2D eigenvalue weighted by Gasteiger charge is 2.10. The number of carbonyl (C=O) groups excluding carboxylic acids is 1. The van der Waals surface area contributed by atoms with Crippen LogP contribution in [0.25, 0.3) is 11.3 Å². The number of aromatic nitrogens is 1. The minimum atomic E-state index is -0.0675. The van der Waals surface area contributed by atoms with Gasteiger partial charge in [-0.25, -0.2) is 0 Å². The van der Waals surface area contributed by atoms with Gasteiger partial charge in [-0.2, -0.15) is 0 Å². The van der Waals surface area contributed by atoms with Crippen LogP contribution < -0.4 is 5.32 Å². The predicted octanol–water partition coefficient (Wildman–Crippen LogP) is 2.81. The SMILES string of the molecule is CCNC(=O)c1ccc(-c2ccccc2)nc1C. The molecule has 0 saturated carbocycles. The Morgan fingerprint density at radius 3 is 2.50 bits per heavy atom. The molecule has 0 unspecified atom stereocenters. The van der Waals surface area contributed by atoms with Crippen LogP contribution >= 0.6 is 0 Å². The van der Waals surface area contributed by atoms with Crippen LogP contribution in [0, 0.1) is 6.92 Å². The van der Waals surface area contributed by atoms with E-state index in [9.17, 15) is 4.79 Å². The summed E-state index contributed by atoms with van der Waals surface area (Å²) in [4.78, 5) is 16.2. The molecule has 2 rings (SSSR count). The second-order valence-electron chi connectivity index (χ2n) is 4.05. The first-order valence-corrected chi connectivity index (χ1v) is 6.03. The zero-order chi connectivity index (χ0) is 13.0. The Labute approximate surface area is 107 Å². The number of benzene rings is 1. The zero-order valence-corrected chi connectivity index (χ0v) is 10.6. The molecule has 1 heterocycles. The third kappa shape index (κ3) is 2.56. The van der Waals surface area contributed by atoms with Crippen LogP contribution in [0.15, 0.2) is 42.5 Å². The zero-order valence-electron chi connectivity index (χ0n) is 10.6. The molecule has 2 aromatic rings. The van der Waals surface area contributed by atoms with Gasteiger partial charge in [0, 0.05) is 12.1 Å². The molecule has 1 aromatic heterocycles. The van der Waals surface area contributed by atoms with Gasteiger partial charge in [-0.1, -0.05) is 30.3 Å². The summed E-state index contributed by atoms with van der Waals surface area (Å²) < 4.78 is 0. The van der Waals surface area contributed by atoms with Crippen LogP contribution in [0.4, 0.5) is 0 Å². The van der Waals surface area contributed by atoms with E-state index < -0.39 is 0 Å². The van der Waals surface area contributed by atoms with Crippen molar-refractivity contribution in [3.63, 3.8) is 0 Å². The van der Waals surface area contributed by atoms with Gasteiger partial charge in [0.15, 0.2) is 0 Å². The van der Waals surface area contributed by atoms with E-state index in [1.165, 1.54) is 0 Å². The summed E-state index contributed by atoms with van der Waals surface area (Å²) in [5.74, 6) is -0.0675. The second-order valence-corrected chi connectivity index (χ2v) is 4.05. The number of amides is 1. The average Bonchev–Trinajstić information content (AvgIpc) is 2.40. The largest absolute Gasteiger partial charge is 0.352 e. The van der Waals surface area contributed by atoms with Crippen molar-refractivity contribution in [2.75, 3.05) is 6.54 Å². The first-order chi connectivity index (χ1) is 8.72. The molecule has 1 N–H and O–H groups in total. The highest BCUT2D eigenvalue weighted by Crippen LogP contribution is 2.18. The topological polar surface area (TPSA) is 42.0 Å². The molecule has 0 aliphatic heterocycles. The highest BCUT2D eigenvalue weighted by molar-refractivity contribution is 5.95. The van der Waals surface area contributed by atoms with Crippen molar-refractivity contribution in [3.05, 3.63) is 53.7 Å². The van der Waals surface area contributed by atoms with Gasteiger partial charge in [-0.05, 0) is 26.0 Å². The number of hydrogen-bond donors (Lipinski definition) is 1. The van der Waals surface area contributed by atoms with E-state index in [1.54, 1.807) is 0 Å². The molecule has 18 heavy (non-hydrogen) atoms. The fourth-order valence-corrected chi connectivity index (χ4v) is 1.83. The number of aryl methyl sites for hydroxylation is 1. The summed E-state index contributed by atoms with van der Waals surface area (Å²) >= 11 is 0. The standard InChI is InChI=1S/C15H16N2O/c1-3-16-15(18)13-9-10-14(17-11(13)2)12-7-5-4-6-8-12/h4-10H,3H2,1-2H3,(H,16,18). The van der Waals surface area contributed by atoms with Gasteiger partial charge in [-0.15, -0.1) is 0 Å². The van der Waals surface area contributed by atoms with Crippen LogP contribution in [0.3, 0.4) is 0 Å². The van der Waals surface area contributed by atoms with Crippen molar-refractivity contribution < 1.29 is 4.79 Å². The van der Waals surface area contributed by atoms with Crippen molar-refractivity contribution in [2.45, 2.75) is 13.8 Å². The van der Waals surface area contributed by atoms with Crippen LogP contribution in [-0.4, -0.2) is 17.4 Å². The fourth-order valence-electron chi connectivity index (χ4n) is 1.83. The summed E-state index contributed by atoms with van der Waals surface area (Å²) in [7, 11) is 0. The molecule has 1 amide bonds. The lowest BCUT2D eigenvalue weighted by Gasteiger charge is -2.07. The molecule has 0 bridgehead atoms. The van der Waals surface area contributed by atoms with Gasteiger partial charge < -0.3 is 5.32 Å². The van der Waals surface area contributed by atoms with Crippen LogP contribution in [-0.2, 0) is 0 Å². The smallest absolute Gasteiger partial charge is 0.253 e. The Kier molecular flexibility index (Phi) is 3.72. The van der Waals surface area contributed by atoms with E-state index in [0.29, 0.717) is 12.1 Å². The Balaban J connectivity index is 2.34. The van der Waals surface area contributed by atoms with Gasteiger partial charge in [0.2, 0.25) is 0 Å². The first-order valence-electron chi connectivity index (χ1n) is 6.03. The fraction of sp³-hybridized carbons (Fsp3) is 0.200. The molecule has 0 spiro atoms. The van der Waals surface area contributed by atoms with Gasteiger partial charge in [0.05, 0.1) is 17.0 Å². The summed E-state index contributed by atoms with van der Waals surface area (Å²) in [5.41, 5.74) is 3.34. The van der Waals surface area contributed by atoms with Crippen molar-refractivity contribution in [2.24, 2.45) is 0 Å². The first kappa shape index (κ1) is 12.3. The van der Waals surface area contributed by atoms with Crippen molar-refractivity contribution >= 4 is 5.91 Å². The van der Waals surface area contributed by atoms with Crippen molar-refractivity contribution in [1.82, 2.24) is 10.3 Å². The van der Waals surface area contributed by atoms with E-state index >= 15 is 0 Å². The number of pyridine rings is 1. The molecule has 0 fully saturated rings. The summed E-state index contributed by atoms with van der Waals surface area (Å²) in [6.07, 6.45) is 0.